The average molecular weight is 291 g/mol. The normalized spacial score (nSPS) is 10.9. The molecule has 0 saturated heterocycles. The molecule has 0 unspecified atom stereocenters. The van der Waals surface area contributed by atoms with Crippen molar-refractivity contribution in [2.45, 2.75) is 20.8 Å². The molecule has 1 heterocycles. The van der Waals surface area contributed by atoms with Crippen molar-refractivity contribution in [2.24, 2.45) is 0 Å². The molecule has 3 heteroatoms. The highest BCUT2D eigenvalue weighted by Crippen LogP contribution is 2.28. The fourth-order valence-electron chi connectivity index (χ4n) is 2.81. The molecule has 2 aromatic carbocycles. The Kier molecular flexibility index (Phi) is 3.41. The van der Waals surface area contributed by atoms with Gasteiger partial charge in [0.15, 0.2) is 0 Å². The van der Waals surface area contributed by atoms with E-state index in [4.69, 9.17) is 4.98 Å². The van der Waals surface area contributed by atoms with E-state index in [1.165, 1.54) is 5.56 Å². The minimum Gasteiger partial charge on any atom is -0.478 e. The third-order valence-corrected chi connectivity index (χ3v) is 3.93. The molecule has 0 amide bonds. The molecule has 3 rings (SSSR count). The minimum atomic E-state index is -0.927. The molecular formula is C19H17NO2. The van der Waals surface area contributed by atoms with Crippen LogP contribution in [-0.4, -0.2) is 16.1 Å². The first kappa shape index (κ1) is 14.3. The smallest absolute Gasteiger partial charge is 0.336 e. The predicted octanol–water partition coefficient (Wildman–Crippen LogP) is 4.53. The molecule has 1 aromatic heterocycles. The first-order chi connectivity index (χ1) is 10.5. The number of hydrogen-bond acceptors (Lipinski definition) is 2. The van der Waals surface area contributed by atoms with E-state index in [2.05, 4.69) is 6.07 Å². The number of nitrogens with zero attached hydrogens (tertiary/aromatic N) is 1. The summed E-state index contributed by atoms with van der Waals surface area (Å²) >= 11 is 0. The van der Waals surface area contributed by atoms with Crippen molar-refractivity contribution >= 4 is 16.9 Å². The number of fused-ring (bicyclic) bond motifs is 1. The van der Waals surface area contributed by atoms with E-state index in [0.29, 0.717) is 16.6 Å². The Morgan fingerprint density at radius 3 is 2.45 bits per heavy atom. The lowest BCUT2D eigenvalue weighted by atomic mass is 9.98. The largest absolute Gasteiger partial charge is 0.478 e. The van der Waals surface area contributed by atoms with E-state index in [1.807, 2.05) is 51.1 Å². The number of aromatic nitrogens is 1. The van der Waals surface area contributed by atoms with Gasteiger partial charge in [-0.15, -0.1) is 0 Å². The van der Waals surface area contributed by atoms with Crippen LogP contribution in [0.25, 0.3) is 22.2 Å². The van der Waals surface area contributed by atoms with Gasteiger partial charge < -0.3 is 5.11 Å². The molecule has 3 nitrogen and oxygen atoms in total. The Labute approximate surface area is 129 Å². The van der Waals surface area contributed by atoms with E-state index in [-0.39, 0.29) is 0 Å². The number of carboxylic acid groups (broad SMARTS) is 1. The second kappa shape index (κ2) is 5.26. The number of para-hydroxylation sites is 1. The molecule has 0 aliphatic rings. The fourth-order valence-corrected chi connectivity index (χ4v) is 2.81. The Hall–Kier alpha value is -2.68. The second-order valence-electron chi connectivity index (χ2n) is 5.65. The van der Waals surface area contributed by atoms with Crippen LogP contribution >= 0.6 is 0 Å². The van der Waals surface area contributed by atoms with Crippen molar-refractivity contribution in [2.75, 3.05) is 0 Å². The van der Waals surface area contributed by atoms with Gasteiger partial charge in [-0.3, -0.25) is 0 Å². The molecule has 0 aliphatic heterocycles. The average Bonchev–Trinajstić information content (AvgIpc) is 2.47. The van der Waals surface area contributed by atoms with Crippen molar-refractivity contribution in [3.8, 4) is 11.3 Å². The lowest BCUT2D eigenvalue weighted by Gasteiger charge is -2.11. The van der Waals surface area contributed by atoms with Crippen molar-refractivity contribution < 1.29 is 9.90 Å². The predicted molar refractivity (Wildman–Crippen MR) is 88.3 cm³/mol. The molecule has 110 valence electrons. The molecule has 0 aliphatic carbocycles. The summed E-state index contributed by atoms with van der Waals surface area (Å²) < 4.78 is 0. The second-order valence-corrected chi connectivity index (χ2v) is 5.65. The summed E-state index contributed by atoms with van der Waals surface area (Å²) in [5.74, 6) is -0.927. The van der Waals surface area contributed by atoms with Gasteiger partial charge in [-0.25, -0.2) is 9.78 Å². The molecular weight excluding hydrogens is 274 g/mol. The van der Waals surface area contributed by atoms with Gasteiger partial charge in [0.1, 0.15) is 0 Å². The number of benzene rings is 2. The van der Waals surface area contributed by atoms with Gasteiger partial charge in [0.25, 0.3) is 0 Å². The van der Waals surface area contributed by atoms with Crippen LogP contribution in [0.3, 0.4) is 0 Å². The van der Waals surface area contributed by atoms with E-state index in [0.717, 1.165) is 22.2 Å². The minimum absolute atomic E-state index is 0.295. The van der Waals surface area contributed by atoms with Crippen molar-refractivity contribution in [3.63, 3.8) is 0 Å². The van der Waals surface area contributed by atoms with Crippen LogP contribution in [0.1, 0.15) is 27.0 Å². The highest BCUT2D eigenvalue weighted by molar-refractivity contribution is 6.04. The summed E-state index contributed by atoms with van der Waals surface area (Å²) in [4.78, 5) is 16.3. The summed E-state index contributed by atoms with van der Waals surface area (Å²) in [6, 6.07) is 13.4. The zero-order valence-electron chi connectivity index (χ0n) is 12.8. The van der Waals surface area contributed by atoms with Gasteiger partial charge in [-0.05, 0) is 38.0 Å². The van der Waals surface area contributed by atoms with Gasteiger partial charge in [-0.1, -0.05) is 42.0 Å². The molecule has 0 spiro atoms. The molecule has 0 saturated carbocycles. The molecule has 1 N–H and O–H groups in total. The maximum Gasteiger partial charge on any atom is 0.336 e. The summed E-state index contributed by atoms with van der Waals surface area (Å²) in [6.45, 7) is 6.01. The number of pyridine rings is 1. The Morgan fingerprint density at radius 1 is 1.00 bits per heavy atom. The number of carbonyl (C=O) groups is 1. The zero-order valence-corrected chi connectivity index (χ0v) is 12.8. The maximum absolute atomic E-state index is 11.6. The number of hydrogen-bond donors (Lipinski definition) is 1. The maximum atomic E-state index is 11.6. The van der Waals surface area contributed by atoms with Crippen molar-refractivity contribution in [3.05, 3.63) is 64.7 Å². The van der Waals surface area contributed by atoms with Crippen LogP contribution in [0.5, 0.6) is 0 Å². The van der Waals surface area contributed by atoms with Crippen LogP contribution in [0.4, 0.5) is 0 Å². The first-order valence-corrected chi connectivity index (χ1v) is 7.18. The van der Waals surface area contributed by atoms with Crippen LogP contribution in [0.2, 0.25) is 0 Å². The number of rotatable bonds is 2. The highest BCUT2D eigenvalue weighted by Gasteiger charge is 2.14. The van der Waals surface area contributed by atoms with Gasteiger partial charge in [0, 0.05) is 10.9 Å². The third-order valence-electron chi connectivity index (χ3n) is 3.93. The van der Waals surface area contributed by atoms with Crippen LogP contribution < -0.4 is 0 Å². The van der Waals surface area contributed by atoms with Gasteiger partial charge in [0.05, 0.1) is 16.8 Å². The fraction of sp³-hybridized carbons (Fsp3) is 0.158. The molecule has 3 aromatic rings. The third kappa shape index (κ3) is 2.35. The van der Waals surface area contributed by atoms with Gasteiger partial charge in [0.2, 0.25) is 0 Å². The molecule has 0 radical (unpaired) electrons. The Balaban J connectivity index is 2.36. The van der Waals surface area contributed by atoms with Crippen molar-refractivity contribution in [1.29, 1.82) is 0 Å². The quantitative estimate of drug-likeness (QED) is 0.755. The van der Waals surface area contributed by atoms with Gasteiger partial charge in [-0.2, -0.15) is 0 Å². The van der Waals surface area contributed by atoms with Crippen LogP contribution in [0.15, 0.2) is 42.5 Å². The highest BCUT2D eigenvalue weighted by atomic mass is 16.4. The summed E-state index contributed by atoms with van der Waals surface area (Å²) in [5, 5.41) is 10.2. The molecule has 0 fully saturated rings. The van der Waals surface area contributed by atoms with Crippen LogP contribution in [-0.2, 0) is 0 Å². The Bertz CT molecular complexity index is 897. The van der Waals surface area contributed by atoms with E-state index in [1.54, 1.807) is 6.07 Å². The summed E-state index contributed by atoms with van der Waals surface area (Å²) in [5.41, 5.74) is 5.97. The standard InChI is InChI=1S/C19H17NO2/c1-11-7-8-14(13(3)9-11)17-10-16(19(21)22)15-6-4-5-12(2)18(15)20-17/h4-10H,1-3H3,(H,21,22). The summed E-state index contributed by atoms with van der Waals surface area (Å²) in [7, 11) is 0. The monoisotopic (exact) mass is 291 g/mol. The van der Waals surface area contributed by atoms with Crippen molar-refractivity contribution in [1.82, 2.24) is 4.98 Å². The SMILES string of the molecule is Cc1ccc(-c2cc(C(=O)O)c3cccc(C)c3n2)c(C)c1. The van der Waals surface area contributed by atoms with Gasteiger partial charge >= 0.3 is 5.97 Å². The lowest BCUT2D eigenvalue weighted by Crippen LogP contribution is -2.01. The lowest BCUT2D eigenvalue weighted by molar-refractivity contribution is 0.0699. The van der Waals surface area contributed by atoms with E-state index in [9.17, 15) is 9.90 Å². The summed E-state index contributed by atoms with van der Waals surface area (Å²) in [6.07, 6.45) is 0. The van der Waals surface area contributed by atoms with Crippen LogP contribution in [0, 0.1) is 20.8 Å². The number of aryl methyl sites for hydroxylation is 3. The number of carboxylic acids is 1. The molecule has 22 heavy (non-hydrogen) atoms. The first-order valence-electron chi connectivity index (χ1n) is 7.18. The number of aromatic carboxylic acids is 1. The zero-order chi connectivity index (χ0) is 15.9. The molecule has 0 bridgehead atoms. The van der Waals surface area contributed by atoms with E-state index >= 15 is 0 Å². The van der Waals surface area contributed by atoms with E-state index < -0.39 is 5.97 Å². The topological polar surface area (TPSA) is 50.2 Å². The molecule has 0 atom stereocenters. The Morgan fingerprint density at radius 2 is 1.77 bits per heavy atom.